The molecule has 0 heterocycles. The molecule has 0 saturated heterocycles. The maximum Gasteiger partial charge on any atom is 0.147 e. The molecule has 2 aromatic carbocycles. The van der Waals surface area contributed by atoms with Crippen LogP contribution in [0.25, 0.3) is 0 Å². The lowest BCUT2D eigenvalue weighted by molar-refractivity contribution is 0.215. The van der Waals surface area contributed by atoms with Gasteiger partial charge in [-0.15, -0.1) is 0 Å². The van der Waals surface area contributed by atoms with Crippen molar-refractivity contribution in [3.63, 3.8) is 0 Å². The maximum absolute atomic E-state index is 13.9. The SMILES string of the molecule is CCCc1cccc(C(O)c2cccc(Cl)c2F)c1. The van der Waals surface area contributed by atoms with Gasteiger partial charge in [0.25, 0.3) is 0 Å². The molecular weight excluding hydrogens is 263 g/mol. The van der Waals surface area contributed by atoms with Crippen LogP contribution in [0.15, 0.2) is 42.5 Å². The Morgan fingerprint density at radius 2 is 1.95 bits per heavy atom. The van der Waals surface area contributed by atoms with Crippen molar-refractivity contribution in [2.24, 2.45) is 0 Å². The third-order valence-corrected chi connectivity index (χ3v) is 3.37. The van der Waals surface area contributed by atoms with Crippen LogP contribution in [-0.2, 0) is 6.42 Å². The van der Waals surface area contributed by atoms with Crippen LogP contribution in [0, 0.1) is 5.82 Å². The van der Waals surface area contributed by atoms with E-state index in [2.05, 4.69) is 6.92 Å². The van der Waals surface area contributed by atoms with Crippen molar-refractivity contribution < 1.29 is 9.50 Å². The van der Waals surface area contributed by atoms with E-state index in [0.717, 1.165) is 18.4 Å². The van der Waals surface area contributed by atoms with Crippen molar-refractivity contribution in [2.75, 3.05) is 0 Å². The molecule has 3 heteroatoms. The van der Waals surface area contributed by atoms with Crippen molar-refractivity contribution in [1.29, 1.82) is 0 Å². The van der Waals surface area contributed by atoms with E-state index in [1.54, 1.807) is 18.2 Å². The van der Waals surface area contributed by atoms with Crippen LogP contribution in [0.5, 0.6) is 0 Å². The highest BCUT2D eigenvalue weighted by atomic mass is 35.5. The molecule has 2 rings (SSSR count). The monoisotopic (exact) mass is 278 g/mol. The minimum Gasteiger partial charge on any atom is -0.384 e. The molecule has 1 atom stereocenters. The lowest BCUT2D eigenvalue weighted by atomic mass is 9.98. The van der Waals surface area contributed by atoms with Gasteiger partial charge < -0.3 is 5.11 Å². The normalized spacial score (nSPS) is 12.4. The van der Waals surface area contributed by atoms with Crippen molar-refractivity contribution in [3.8, 4) is 0 Å². The average molecular weight is 279 g/mol. The topological polar surface area (TPSA) is 20.2 Å². The molecule has 0 amide bonds. The molecule has 0 bridgehead atoms. The van der Waals surface area contributed by atoms with Gasteiger partial charge in [0.15, 0.2) is 0 Å². The van der Waals surface area contributed by atoms with E-state index >= 15 is 0 Å². The lowest BCUT2D eigenvalue weighted by Crippen LogP contribution is -2.03. The number of benzene rings is 2. The zero-order valence-corrected chi connectivity index (χ0v) is 11.5. The maximum atomic E-state index is 13.9. The van der Waals surface area contributed by atoms with Gasteiger partial charge in [0.2, 0.25) is 0 Å². The predicted molar refractivity (Wildman–Crippen MR) is 75.9 cm³/mol. The molecule has 1 nitrogen and oxygen atoms in total. The van der Waals surface area contributed by atoms with Crippen LogP contribution in [0.3, 0.4) is 0 Å². The number of rotatable bonds is 4. The van der Waals surface area contributed by atoms with E-state index in [-0.39, 0.29) is 10.6 Å². The summed E-state index contributed by atoms with van der Waals surface area (Å²) in [7, 11) is 0. The summed E-state index contributed by atoms with van der Waals surface area (Å²) in [5.41, 5.74) is 2.04. The molecule has 0 aliphatic heterocycles. The quantitative estimate of drug-likeness (QED) is 0.872. The van der Waals surface area contributed by atoms with Crippen molar-refractivity contribution in [3.05, 3.63) is 70.0 Å². The summed E-state index contributed by atoms with van der Waals surface area (Å²) < 4.78 is 13.9. The summed E-state index contributed by atoms with van der Waals surface area (Å²) >= 11 is 5.74. The first kappa shape index (κ1) is 14.0. The molecule has 0 spiro atoms. The van der Waals surface area contributed by atoms with Gasteiger partial charge in [0.05, 0.1) is 5.02 Å². The molecule has 0 aliphatic carbocycles. The Morgan fingerprint density at radius 1 is 1.21 bits per heavy atom. The summed E-state index contributed by atoms with van der Waals surface area (Å²) in [5, 5.41) is 10.3. The summed E-state index contributed by atoms with van der Waals surface area (Å²) in [6.07, 6.45) is 0.986. The molecule has 0 aliphatic rings. The van der Waals surface area contributed by atoms with Crippen molar-refractivity contribution in [2.45, 2.75) is 25.9 Å². The Morgan fingerprint density at radius 3 is 2.68 bits per heavy atom. The Kier molecular flexibility index (Phi) is 4.56. The van der Waals surface area contributed by atoms with Crippen LogP contribution in [0.4, 0.5) is 4.39 Å². The summed E-state index contributed by atoms with van der Waals surface area (Å²) in [4.78, 5) is 0. The highest BCUT2D eigenvalue weighted by Gasteiger charge is 2.16. The number of aliphatic hydroxyl groups is 1. The number of aryl methyl sites for hydroxylation is 1. The average Bonchev–Trinajstić information content (AvgIpc) is 2.42. The van der Waals surface area contributed by atoms with E-state index in [1.807, 2.05) is 18.2 Å². The molecular formula is C16H16ClFO. The van der Waals surface area contributed by atoms with E-state index < -0.39 is 11.9 Å². The summed E-state index contributed by atoms with van der Waals surface area (Å²) in [5.74, 6) is -0.558. The standard InChI is InChI=1S/C16H16ClFO/c1-2-5-11-6-3-7-12(10-11)16(19)13-8-4-9-14(17)15(13)18/h3-4,6-10,16,19H,2,5H2,1H3. The summed E-state index contributed by atoms with van der Waals surface area (Å²) in [6, 6.07) is 12.3. The summed E-state index contributed by atoms with van der Waals surface area (Å²) in [6.45, 7) is 2.10. The third-order valence-electron chi connectivity index (χ3n) is 3.08. The molecule has 0 aromatic heterocycles. The van der Waals surface area contributed by atoms with E-state index in [9.17, 15) is 9.50 Å². The van der Waals surface area contributed by atoms with Gasteiger partial charge >= 0.3 is 0 Å². The van der Waals surface area contributed by atoms with Crippen LogP contribution in [0.1, 0.15) is 36.1 Å². The van der Waals surface area contributed by atoms with Gasteiger partial charge in [-0.25, -0.2) is 4.39 Å². The zero-order chi connectivity index (χ0) is 13.8. The molecule has 0 fully saturated rings. The van der Waals surface area contributed by atoms with Gasteiger partial charge in [-0.1, -0.05) is 61.3 Å². The number of hydrogen-bond donors (Lipinski definition) is 1. The first-order chi connectivity index (χ1) is 9.13. The van der Waals surface area contributed by atoms with E-state index in [1.165, 1.54) is 6.07 Å². The van der Waals surface area contributed by atoms with Gasteiger partial charge in [0.1, 0.15) is 11.9 Å². The molecule has 0 radical (unpaired) electrons. The first-order valence-corrected chi connectivity index (χ1v) is 6.72. The fourth-order valence-corrected chi connectivity index (χ4v) is 2.30. The second-order valence-corrected chi connectivity index (χ2v) is 4.95. The molecule has 0 saturated carbocycles. The van der Waals surface area contributed by atoms with Gasteiger partial charge in [-0.2, -0.15) is 0 Å². The van der Waals surface area contributed by atoms with Crippen LogP contribution in [0.2, 0.25) is 5.02 Å². The number of hydrogen-bond acceptors (Lipinski definition) is 1. The number of aliphatic hydroxyl groups excluding tert-OH is 1. The van der Waals surface area contributed by atoms with E-state index in [0.29, 0.717) is 5.56 Å². The number of halogens is 2. The third kappa shape index (κ3) is 3.14. The fraction of sp³-hybridized carbons (Fsp3) is 0.250. The Bertz CT molecular complexity index is 568. The van der Waals surface area contributed by atoms with Gasteiger partial charge in [-0.05, 0) is 23.6 Å². The second-order valence-electron chi connectivity index (χ2n) is 4.54. The molecule has 100 valence electrons. The highest BCUT2D eigenvalue weighted by molar-refractivity contribution is 6.30. The van der Waals surface area contributed by atoms with Crippen LogP contribution < -0.4 is 0 Å². The molecule has 19 heavy (non-hydrogen) atoms. The van der Waals surface area contributed by atoms with E-state index in [4.69, 9.17) is 11.6 Å². The second kappa shape index (κ2) is 6.18. The minimum absolute atomic E-state index is 0.0289. The molecule has 1 unspecified atom stereocenters. The zero-order valence-electron chi connectivity index (χ0n) is 10.7. The Balaban J connectivity index is 2.35. The molecule has 2 aromatic rings. The fourth-order valence-electron chi connectivity index (χ4n) is 2.12. The van der Waals surface area contributed by atoms with Crippen molar-refractivity contribution >= 4 is 11.6 Å². The smallest absolute Gasteiger partial charge is 0.147 e. The Hall–Kier alpha value is -1.38. The molecule has 1 N–H and O–H groups in total. The highest BCUT2D eigenvalue weighted by Crippen LogP contribution is 2.28. The lowest BCUT2D eigenvalue weighted by Gasteiger charge is -2.14. The van der Waals surface area contributed by atoms with Crippen molar-refractivity contribution in [1.82, 2.24) is 0 Å². The van der Waals surface area contributed by atoms with Gasteiger partial charge in [-0.3, -0.25) is 0 Å². The Labute approximate surface area is 117 Å². The van der Waals surface area contributed by atoms with Gasteiger partial charge in [0, 0.05) is 5.56 Å². The first-order valence-electron chi connectivity index (χ1n) is 6.34. The predicted octanol–water partition coefficient (Wildman–Crippen LogP) is 4.51. The largest absolute Gasteiger partial charge is 0.384 e. The van der Waals surface area contributed by atoms with Crippen LogP contribution >= 0.6 is 11.6 Å². The minimum atomic E-state index is -0.990. The van der Waals surface area contributed by atoms with Crippen LogP contribution in [-0.4, -0.2) is 5.11 Å².